The molecule has 0 saturated carbocycles. The van der Waals surface area contributed by atoms with Crippen molar-refractivity contribution >= 4 is 16.8 Å². The fourth-order valence-electron chi connectivity index (χ4n) is 0.370. The molecule has 0 atom stereocenters. The minimum absolute atomic E-state index is 0.578. The number of allylic oxidation sites excluding steroid dienone is 2. The summed E-state index contributed by atoms with van der Waals surface area (Å²) in [5.74, 6) is 0. The smallest absolute Gasteiger partial charge is 0.123 e. The van der Waals surface area contributed by atoms with Crippen molar-refractivity contribution in [1.29, 1.82) is 0 Å². The Morgan fingerprint density at radius 1 is 1.67 bits per heavy atom. The summed E-state index contributed by atoms with van der Waals surface area (Å²) < 4.78 is 0. The Morgan fingerprint density at radius 3 is 2.56 bits per heavy atom. The number of halogens is 1. The van der Waals surface area contributed by atoms with Crippen LogP contribution in [-0.4, -0.2) is 12.2 Å². The maximum atomic E-state index is 5.61. The molecule has 9 heavy (non-hydrogen) atoms. The van der Waals surface area contributed by atoms with Crippen molar-refractivity contribution in [3.8, 4) is 0 Å². The first-order valence-electron chi connectivity index (χ1n) is 3.00. The Kier molecular flexibility index (Phi) is 4.41. The molecular weight excluding hydrogens is 134 g/mol. The van der Waals surface area contributed by atoms with Gasteiger partial charge in [0.05, 0.1) is 0 Å². The molecule has 0 unspecified atom stereocenters. The van der Waals surface area contributed by atoms with Crippen molar-refractivity contribution < 1.29 is 0 Å². The molecule has 0 aromatic rings. The summed E-state index contributed by atoms with van der Waals surface area (Å²) in [4.78, 5) is 3.78. The third-order valence-electron chi connectivity index (χ3n) is 1.14. The first kappa shape index (κ1) is 8.70. The molecule has 1 nitrogen and oxygen atoms in total. The molecule has 0 fully saturated rings. The molecule has 2 heteroatoms. The van der Waals surface area contributed by atoms with Crippen molar-refractivity contribution in [3.63, 3.8) is 0 Å². The minimum Gasteiger partial charge on any atom is -0.277 e. The fourth-order valence-corrected chi connectivity index (χ4v) is 0.556. The average Bonchev–Trinajstić information content (AvgIpc) is 1.87. The minimum atomic E-state index is 0.578. The molecule has 52 valence electrons. The summed E-state index contributed by atoms with van der Waals surface area (Å²) in [7, 11) is 1.68. The monoisotopic (exact) mass is 145 g/mol. The lowest BCUT2D eigenvalue weighted by Gasteiger charge is -1.90. The van der Waals surface area contributed by atoms with Crippen LogP contribution in [0.25, 0.3) is 0 Å². The van der Waals surface area contributed by atoms with Gasteiger partial charge >= 0.3 is 0 Å². The second kappa shape index (κ2) is 4.57. The zero-order valence-electron chi connectivity index (χ0n) is 6.11. The van der Waals surface area contributed by atoms with Crippen LogP contribution in [0.2, 0.25) is 0 Å². The topological polar surface area (TPSA) is 12.4 Å². The molecule has 0 N–H and O–H groups in total. The number of hydrogen-bond donors (Lipinski definition) is 0. The van der Waals surface area contributed by atoms with Crippen molar-refractivity contribution in [2.45, 2.75) is 20.3 Å². The zero-order chi connectivity index (χ0) is 7.28. The molecule has 0 aromatic heterocycles. The Morgan fingerprint density at radius 2 is 2.22 bits per heavy atom. The van der Waals surface area contributed by atoms with Crippen molar-refractivity contribution in [2.24, 2.45) is 4.99 Å². The lowest BCUT2D eigenvalue weighted by atomic mass is 10.2. The highest BCUT2D eigenvalue weighted by atomic mass is 35.5. The quantitative estimate of drug-likeness (QED) is 0.530. The third-order valence-corrected chi connectivity index (χ3v) is 1.41. The molecule has 0 heterocycles. The Bertz CT molecular complexity index is 136. The highest BCUT2D eigenvalue weighted by Gasteiger charge is 1.86. The van der Waals surface area contributed by atoms with Gasteiger partial charge < -0.3 is 0 Å². The van der Waals surface area contributed by atoms with E-state index in [0.717, 1.165) is 6.42 Å². The number of rotatable bonds is 2. The van der Waals surface area contributed by atoms with Crippen LogP contribution >= 0.6 is 11.6 Å². The molecule has 0 amide bonds. The van der Waals surface area contributed by atoms with E-state index in [1.165, 1.54) is 5.57 Å². The predicted octanol–water partition coefficient (Wildman–Crippen LogP) is 2.61. The lowest BCUT2D eigenvalue weighted by molar-refractivity contribution is 1.10. The number of nitrogens with zero attached hydrogens (tertiary/aromatic N) is 1. The van der Waals surface area contributed by atoms with Crippen LogP contribution in [0.3, 0.4) is 0 Å². The standard InChI is InChI=1S/C7H12ClN/c1-4-6(2)5-7(8)9-3/h5H,4H2,1-3H3/b6-5-,9-7+. The summed E-state index contributed by atoms with van der Waals surface area (Å²) >= 11 is 5.61. The second-order valence-corrected chi connectivity index (χ2v) is 2.28. The lowest BCUT2D eigenvalue weighted by Crippen LogP contribution is -1.81. The highest BCUT2D eigenvalue weighted by molar-refractivity contribution is 6.68. The van der Waals surface area contributed by atoms with Gasteiger partial charge in [0.1, 0.15) is 5.17 Å². The van der Waals surface area contributed by atoms with E-state index in [2.05, 4.69) is 11.9 Å². The van der Waals surface area contributed by atoms with Crippen LogP contribution in [-0.2, 0) is 0 Å². The molecule has 0 spiro atoms. The van der Waals surface area contributed by atoms with Crippen molar-refractivity contribution in [1.82, 2.24) is 0 Å². The molecule has 0 aliphatic rings. The van der Waals surface area contributed by atoms with Crippen molar-refractivity contribution in [2.75, 3.05) is 7.05 Å². The van der Waals surface area contributed by atoms with Gasteiger partial charge in [0.15, 0.2) is 0 Å². The molecule has 0 aliphatic carbocycles. The van der Waals surface area contributed by atoms with Gasteiger partial charge in [-0.05, 0) is 19.4 Å². The van der Waals surface area contributed by atoms with Crippen LogP contribution in [0, 0.1) is 0 Å². The highest BCUT2D eigenvalue weighted by Crippen LogP contribution is 1.99. The maximum Gasteiger partial charge on any atom is 0.123 e. The van der Waals surface area contributed by atoms with Gasteiger partial charge in [-0.15, -0.1) is 0 Å². The number of hydrogen-bond acceptors (Lipinski definition) is 1. The molecule has 0 saturated heterocycles. The maximum absolute atomic E-state index is 5.61. The van der Waals surface area contributed by atoms with Crippen LogP contribution in [0.5, 0.6) is 0 Å². The summed E-state index contributed by atoms with van der Waals surface area (Å²) in [6.07, 6.45) is 2.91. The van der Waals surface area contributed by atoms with E-state index in [9.17, 15) is 0 Å². The van der Waals surface area contributed by atoms with Gasteiger partial charge in [-0.3, -0.25) is 4.99 Å². The van der Waals surface area contributed by atoms with Gasteiger partial charge in [-0.1, -0.05) is 24.1 Å². The van der Waals surface area contributed by atoms with Gasteiger partial charge in [0.2, 0.25) is 0 Å². The van der Waals surface area contributed by atoms with Crippen molar-refractivity contribution in [3.05, 3.63) is 11.6 Å². The van der Waals surface area contributed by atoms with E-state index in [0.29, 0.717) is 5.17 Å². The Labute approximate surface area is 61.4 Å². The average molecular weight is 146 g/mol. The molecule has 0 radical (unpaired) electrons. The van der Waals surface area contributed by atoms with Gasteiger partial charge in [-0.2, -0.15) is 0 Å². The molecule has 0 aromatic carbocycles. The fraction of sp³-hybridized carbons (Fsp3) is 0.571. The Hall–Kier alpha value is -0.300. The van der Waals surface area contributed by atoms with E-state index >= 15 is 0 Å². The Balaban J connectivity index is 3.95. The largest absolute Gasteiger partial charge is 0.277 e. The normalized spacial score (nSPS) is 14.2. The van der Waals surface area contributed by atoms with E-state index in [1.54, 1.807) is 7.05 Å². The molecule has 0 aliphatic heterocycles. The third kappa shape index (κ3) is 4.22. The van der Waals surface area contributed by atoms with Crippen LogP contribution in [0.15, 0.2) is 16.6 Å². The SMILES string of the molecule is CC/C(C)=C\C(Cl)=N/C. The zero-order valence-corrected chi connectivity index (χ0v) is 6.87. The number of aliphatic imine (C=N–C) groups is 1. The van der Waals surface area contributed by atoms with Crippen LogP contribution in [0.1, 0.15) is 20.3 Å². The van der Waals surface area contributed by atoms with Gasteiger partial charge in [-0.25, -0.2) is 0 Å². The first-order valence-corrected chi connectivity index (χ1v) is 3.38. The summed E-state index contributed by atoms with van der Waals surface area (Å²) in [5, 5.41) is 0.578. The van der Waals surface area contributed by atoms with E-state index in [-0.39, 0.29) is 0 Å². The predicted molar refractivity (Wildman–Crippen MR) is 43.3 cm³/mol. The van der Waals surface area contributed by atoms with Gasteiger partial charge in [0.25, 0.3) is 0 Å². The van der Waals surface area contributed by atoms with Gasteiger partial charge in [0, 0.05) is 7.05 Å². The van der Waals surface area contributed by atoms with E-state index in [4.69, 9.17) is 11.6 Å². The summed E-state index contributed by atoms with van der Waals surface area (Å²) in [6.45, 7) is 4.12. The summed E-state index contributed by atoms with van der Waals surface area (Å²) in [6, 6.07) is 0. The van der Waals surface area contributed by atoms with E-state index in [1.807, 2.05) is 13.0 Å². The molecular formula is C7H12ClN. The summed E-state index contributed by atoms with van der Waals surface area (Å²) in [5.41, 5.74) is 1.26. The molecule has 0 bridgehead atoms. The first-order chi connectivity index (χ1) is 4.20. The molecule has 0 rings (SSSR count). The van der Waals surface area contributed by atoms with Crippen LogP contribution < -0.4 is 0 Å². The van der Waals surface area contributed by atoms with E-state index < -0.39 is 0 Å². The van der Waals surface area contributed by atoms with Crippen LogP contribution in [0.4, 0.5) is 0 Å². The second-order valence-electron chi connectivity index (χ2n) is 1.89.